The van der Waals surface area contributed by atoms with Gasteiger partial charge in [-0.3, -0.25) is 0 Å². The normalized spacial score (nSPS) is 25.1. The maximum atomic E-state index is 6.03. The molecule has 1 N–H and O–H groups in total. The van der Waals surface area contributed by atoms with Gasteiger partial charge in [0.15, 0.2) is 0 Å². The summed E-state index contributed by atoms with van der Waals surface area (Å²) in [6.45, 7) is 0.985. The Labute approximate surface area is 90.7 Å². The number of rotatable bonds is 0. The molecule has 2 heteroatoms. The van der Waals surface area contributed by atoms with Crippen LogP contribution in [0.4, 0.5) is 0 Å². The summed E-state index contributed by atoms with van der Waals surface area (Å²) < 4.78 is 6.03. The van der Waals surface area contributed by atoms with Gasteiger partial charge < -0.3 is 10.1 Å². The molecule has 15 heavy (non-hydrogen) atoms. The minimum atomic E-state index is 0.985. The van der Waals surface area contributed by atoms with E-state index in [0.29, 0.717) is 0 Å². The Morgan fingerprint density at radius 2 is 2.07 bits per heavy atom. The Morgan fingerprint density at radius 3 is 3.07 bits per heavy atom. The molecule has 0 atom stereocenters. The fraction of sp³-hybridized carbons (Fsp3) is 0.538. The summed E-state index contributed by atoms with van der Waals surface area (Å²) >= 11 is 0. The first kappa shape index (κ1) is 9.08. The number of ether oxygens (including phenoxy) is 1. The first-order valence-corrected chi connectivity index (χ1v) is 5.96. The molecule has 3 rings (SSSR count). The SMILES string of the molecule is C1=CC2=C(CC1)CNC1=C(CCCC1)O2. The van der Waals surface area contributed by atoms with Crippen molar-refractivity contribution in [2.75, 3.05) is 6.54 Å². The third-order valence-corrected chi connectivity index (χ3v) is 3.40. The summed E-state index contributed by atoms with van der Waals surface area (Å²) in [5.41, 5.74) is 2.79. The van der Waals surface area contributed by atoms with Crippen molar-refractivity contribution in [1.82, 2.24) is 5.32 Å². The van der Waals surface area contributed by atoms with Gasteiger partial charge in [0.05, 0.1) is 0 Å². The molecule has 0 aromatic rings. The van der Waals surface area contributed by atoms with Crippen molar-refractivity contribution >= 4 is 0 Å². The van der Waals surface area contributed by atoms with E-state index in [9.17, 15) is 0 Å². The van der Waals surface area contributed by atoms with Gasteiger partial charge in [0.2, 0.25) is 0 Å². The van der Waals surface area contributed by atoms with Crippen LogP contribution in [-0.2, 0) is 4.74 Å². The molecule has 1 aliphatic heterocycles. The fourth-order valence-corrected chi connectivity index (χ4v) is 2.49. The molecule has 80 valence electrons. The average molecular weight is 203 g/mol. The summed E-state index contributed by atoms with van der Waals surface area (Å²) in [6, 6.07) is 0. The molecule has 2 nitrogen and oxygen atoms in total. The summed E-state index contributed by atoms with van der Waals surface area (Å²) in [5.74, 6) is 2.30. The lowest BCUT2D eigenvalue weighted by atomic mass is 10.0. The van der Waals surface area contributed by atoms with Gasteiger partial charge in [-0.05, 0) is 43.8 Å². The quantitative estimate of drug-likeness (QED) is 0.653. The van der Waals surface area contributed by atoms with Crippen LogP contribution in [0.5, 0.6) is 0 Å². The zero-order valence-corrected chi connectivity index (χ0v) is 9.01. The van der Waals surface area contributed by atoms with Gasteiger partial charge in [0, 0.05) is 18.7 Å². The molecule has 0 aromatic carbocycles. The highest BCUT2D eigenvalue weighted by Gasteiger charge is 2.21. The van der Waals surface area contributed by atoms with Gasteiger partial charge >= 0.3 is 0 Å². The van der Waals surface area contributed by atoms with E-state index in [4.69, 9.17) is 4.74 Å². The van der Waals surface area contributed by atoms with Crippen LogP contribution in [0.15, 0.2) is 34.9 Å². The van der Waals surface area contributed by atoms with Crippen molar-refractivity contribution < 1.29 is 4.74 Å². The number of nitrogens with one attached hydrogen (secondary N) is 1. The third-order valence-electron chi connectivity index (χ3n) is 3.40. The van der Waals surface area contributed by atoms with Gasteiger partial charge in [0.1, 0.15) is 11.5 Å². The first-order valence-electron chi connectivity index (χ1n) is 5.96. The third kappa shape index (κ3) is 1.69. The molecule has 0 saturated heterocycles. The van der Waals surface area contributed by atoms with Crippen molar-refractivity contribution in [3.8, 4) is 0 Å². The molecule has 0 bridgehead atoms. The average Bonchev–Trinajstić information content (AvgIpc) is 2.48. The molecular formula is C13H17NO. The van der Waals surface area contributed by atoms with Gasteiger partial charge in [-0.2, -0.15) is 0 Å². The molecule has 0 aromatic heterocycles. The van der Waals surface area contributed by atoms with E-state index < -0.39 is 0 Å². The van der Waals surface area contributed by atoms with E-state index in [0.717, 1.165) is 31.6 Å². The first-order chi connectivity index (χ1) is 7.43. The zero-order valence-electron chi connectivity index (χ0n) is 9.01. The highest BCUT2D eigenvalue weighted by molar-refractivity contribution is 5.31. The van der Waals surface area contributed by atoms with E-state index >= 15 is 0 Å². The standard InChI is InChI=1S/C13H17NO/c1-3-7-12-10(5-1)9-14-11-6-2-4-8-13(11)15-12/h3,7,14H,1-2,4-6,8-9H2. The van der Waals surface area contributed by atoms with E-state index in [1.165, 1.54) is 36.3 Å². The lowest BCUT2D eigenvalue weighted by Gasteiger charge is -2.19. The largest absolute Gasteiger partial charge is 0.460 e. The fourth-order valence-electron chi connectivity index (χ4n) is 2.49. The molecule has 3 aliphatic rings. The maximum Gasteiger partial charge on any atom is 0.127 e. The molecule has 0 saturated carbocycles. The summed E-state index contributed by atoms with van der Waals surface area (Å²) in [4.78, 5) is 0. The Bertz CT molecular complexity index is 363. The molecule has 0 unspecified atom stereocenters. The van der Waals surface area contributed by atoms with Gasteiger partial charge in [-0.25, -0.2) is 0 Å². The summed E-state index contributed by atoms with van der Waals surface area (Å²) in [7, 11) is 0. The zero-order chi connectivity index (χ0) is 10.1. The monoisotopic (exact) mass is 203 g/mol. The molecule has 1 heterocycles. The van der Waals surface area contributed by atoms with Crippen molar-refractivity contribution in [1.29, 1.82) is 0 Å². The second kappa shape index (κ2) is 3.76. The Hall–Kier alpha value is -1.18. The van der Waals surface area contributed by atoms with Gasteiger partial charge in [-0.1, -0.05) is 6.08 Å². The van der Waals surface area contributed by atoms with Gasteiger partial charge in [-0.15, -0.1) is 0 Å². The molecule has 0 spiro atoms. The summed E-state index contributed by atoms with van der Waals surface area (Å²) in [6.07, 6.45) is 11.5. The lowest BCUT2D eigenvalue weighted by molar-refractivity contribution is 0.282. The number of hydrogen-bond donors (Lipinski definition) is 1. The van der Waals surface area contributed by atoms with Crippen LogP contribution in [0.25, 0.3) is 0 Å². The molecule has 0 radical (unpaired) electrons. The predicted molar refractivity (Wildman–Crippen MR) is 60.0 cm³/mol. The Balaban J connectivity index is 1.89. The topological polar surface area (TPSA) is 21.3 Å². The van der Waals surface area contributed by atoms with E-state index in [-0.39, 0.29) is 0 Å². The van der Waals surface area contributed by atoms with Crippen LogP contribution in [0.1, 0.15) is 38.5 Å². The second-order valence-electron chi connectivity index (χ2n) is 4.47. The Morgan fingerprint density at radius 1 is 1.13 bits per heavy atom. The van der Waals surface area contributed by atoms with Crippen LogP contribution in [-0.4, -0.2) is 6.54 Å². The lowest BCUT2D eigenvalue weighted by Crippen LogP contribution is -2.18. The van der Waals surface area contributed by atoms with E-state index in [2.05, 4.69) is 17.5 Å². The minimum Gasteiger partial charge on any atom is -0.460 e. The van der Waals surface area contributed by atoms with Crippen molar-refractivity contribution in [2.45, 2.75) is 38.5 Å². The van der Waals surface area contributed by atoms with Crippen LogP contribution in [0.2, 0.25) is 0 Å². The molecular weight excluding hydrogens is 186 g/mol. The van der Waals surface area contributed by atoms with Crippen LogP contribution >= 0.6 is 0 Å². The van der Waals surface area contributed by atoms with E-state index in [1.54, 1.807) is 0 Å². The molecule has 2 aliphatic carbocycles. The van der Waals surface area contributed by atoms with Crippen molar-refractivity contribution in [3.63, 3.8) is 0 Å². The number of hydrogen-bond acceptors (Lipinski definition) is 2. The summed E-state index contributed by atoms with van der Waals surface area (Å²) in [5, 5.41) is 3.55. The van der Waals surface area contributed by atoms with Crippen LogP contribution in [0, 0.1) is 0 Å². The second-order valence-corrected chi connectivity index (χ2v) is 4.47. The molecule has 0 fully saturated rings. The minimum absolute atomic E-state index is 0.985. The van der Waals surface area contributed by atoms with Gasteiger partial charge in [0.25, 0.3) is 0 Å². The number of allylic oxidation sites excluding steroid dienone is 4. The van der Waals surface area contributed by atoms with Crippen molar-refractivity contribution in [2.24, 2.45) is 0 Å². The maximum absolute atomic E-state index is 6.03. The van der Waals surface area contributed by atoms with Crippen LogP contribution in [0.3, 0.4) is 0 Å². The highest BCUT2D eigenvalue weighted by Crippen LogP contribution is 2.31. The van der Waals surface area contributed by atoms with Crippen molar-refractivity contribution in [3.05, 3.63) is 34.9 Å². The Kier molecular flexibility index (Phi) is 2.28. The van der Waals surface area contributed by atoms with Crippen LogP contribution < -0.4 is 5.32 Å². The smallest absolute Gasteiger partial charge is 0.127 e. The highest BCUT2D eigenvalue weighted by atomic mass is 16.5. The predicted octanol–water partition coefficient (Wildman–Crippen LogP) is 3.00. The van der Waals surface area contributed by atoms with E-state index in [1.807, 2.05) is 0 Å². The molecule has 0 amide bonds.